The molecule has 0 saturated carbocycles. The third-order valence-corrected chi connectivity index (χ3v) is 4.84. The quantitative estimate of drug-likeness (QED) is 0.728. The van der Waals surface area contributed by atoms with E-state index in [0.717, 1.165) is 21.9 Å². The fraction of sp³-hybridized carbons (Fsp3) is 0.0952. The topological polar surface area (TPSA) is 77.5 Å². The van der Waals surface area contributed by atoms with Crippen LogP contribution in [0.4, 0.5) is 0 Å². The number of hydrogen-bond acceptors (Lipinski definition) is 5. The highest BCUT2D eigenvalue weighted by Gasteiger charge is 2.32. The zero-order valence-electron chi connectivity index (χ0n) is 13.7. The average molecular weight is 342 g/mol. The molecule has 0 aliphatic carbocycles. The number of fused-ring (bicyclic) bond motifs is 4. The molecule has 26 heavy (non-hydrogen) atoms. The van der Waals surface area contributed by atoms with Crippen molar-refractivity contribution in [1.82, 2.24) is 0 Å². The summed E-state index contributed by atoms with van der Waals surface area (Å²) < 4.78 is 16.8. The molecule has 0 radical (unpaired) electrons. The van der Waals surface area contributed by atoms with Crippen LogP contribution in [0.25, 0.3) is 10.8 Å². The van der Waals surface area contributed by atoms with Crippen LogP contribution >= 0.6 is 0 Å². The van der Waals surface area contributed by atoms with Crippen LogP contribution in [0.15, 0.2) is 66.1 Å². The molecule has 2 aliphatic heterocycles. The minimum atomic E-state index is -0.317. The van der Waals surface area contributed by atoms with Crippen LogP contribution < -0.4 is 19.9 Å². The van der Waals surface area contributed by atoms with E-state index < -0.39 is 0 Å². The average Bonchev–Trinajstić information content (AvgIpc) is 3.14. The molecule has 3 aromatic carbocycles. The normalized spacial score (nSPS) is 17.6. The van der Waals surface area contributed by atoms with Crippen LogP contribution in [0.3, 0.4) is 0 Å². The van der Waals surface area contributed by atoms with Gasteiger partial charge in [0.15, 0.2) is 11.5 Å². The maximum Gasteiger partial charge on any atom is 0.231 e. The molecular weight excluding hydrogens is 328 g/mol. The van der Waals surface area contributed by atoms with E-state index >= 15 is 0 Å². The Hall–Kier alpha value is -3.65. The van der Waals surface area contributed by atoms with Crippen LogP contribution in [0.1, 0.15) is 17.0 Å². The Morgan fingerprint density at radius 1 is 1.00 bits per heavy atom. The van der Waals surface area contributed by atoms with Crippen LogP contribution in [-0.2, 0) is 0 Å². The summed E-state index contributed by atoms with van der Waals surface area (Å²) in [6, 6.07) is 19.9. The number of ether oxygens (including phenoxy) is 3. The first-order valence-corrected chi connectivity index (χ1v) is 8.25. The van der Waals surface area contributed by atoms with Crippen molar-refractivity contribution in [2.45, 2.75) is 5.92 Å². The molecule has 0 saturated heterocycles. The lowest BCUT2D eigenvalue weighted by Crippen LogP contribution is -2.21. The predicted octanol–water partition coefficient (Wildman–Crippen LogP) is 3.79. The van der Waals surface area contributed by atoms with E-state index in [9.17, 15) is 5.26 Å². The van der Waals surface area contributed by atoms with Crippen molar-refractivity contribution in [2.75, 3.05) is 6.79 Å². The van der Waals surface area contributed by atoms with E-state index in [1.54, 1.807) is 0 Å². The molecule has 2 N–H and O–H groups in total. The first-order chi connectivity index (χ1) is 12.8. The number of hydrogen-bond donors (Lipinski definition) is 1. The first-order valence-electron chi connectivity index (χ1n) is 8.25. The van der Waals surface area contributed by atoms with Crippen molar-refractivity contribution in [2.24, 2.45) is 5.73 Å². The van der Waals surface area contributed by atoms with E-state index in [2.05, 4.69) is 6.07 Å². The molecule has 2 aliphatic rings. The van der Waals surface area contributed by atoms with Gasteiger partial charge in [0.05, 0.1) is 5.92 Å². The van der Waals surface area contributed by atoms with Gasteiger partial charge in [-0.15, -0.1) is 0 Å². The third kappa shape index (κ3) is 2.02. The molecule has 0 spiro atoms. The Morgan fingerprint density at radius 3 is 2.73 bits per heavy atom. The molecule has 0 fully saturated rings. The predicted molar refractivity (Wildman–Crippen MR) is 95.8 cm³/mol. The second-order valence-electron chi connectivity index (χ2n) is 6.24. The summed E-state index contributed by atoms with van der Waals surface area (Å²) in [6.07, 6.45) is 0. The largest absolute Gasteiger partial charge is 0.454 e. The molecule has 0 unspecified atom stereocenters. The summed E-state index contributed by atoms with van der Waals surface area (Å²) in [5.41, 5.74) is 8.33. The fourth-order valence-corrected chi connectivity index (χ4v) is 3.62. The molecule has 2 heterocycles. The molecule has 5 rings (SSSR count). The SMILES string of the molecule is N#CC1=C(N)Oc2c(ccc3ccccc23)[C@H]1c1ccc2c(c1)OCO2. The van der Waals surface area contributed by atoms with E-state index in [-0.39, 0.29) is 18.6 Å². The third-order valence-electron chi connectivity index (χ3n) is 4.84. The molecule has 0 bridgehead atoms. The Morgan fingerprint density at radius 2 is 1.85 bits per heavy atom. The van der Waals surface area contributed by atoms with Crippen molar-refractivity contribution < 1.29 is 14.2 Å². The van der Waals surface area contributed by atoms with Crippen molar-refractivity contribution in [3.8, 4) is 23.3 Å². The van der Waals surface area contributed by atoms with Gasteiger partial charge >= 0.3 is 0 Å². The van der Waals surface area contributed by atoms with Gasteiger partial charge in [0.1, 0.15) is 17.4 Å². The maximum absolute atomic E-state index is 9.70. The second kappa shape index (κ2) is 5.43. The first kappa shape index (κ1) is 14.7. The second-order valence-corrected chi connectivity index (χ2v) is 6.24. The minimum absolute atomic E-state index is 0.138. The highest BCUT2D eigenvalue weighted by molar-refractivity contribution is 5.91. The van der Waals surface area contributed by atoms with Gasteiger partial charge in [0.25, 0.3) is 0 Å². The molecule has 5 heteroatoms. The van der Waals surface area contributed by atoms with Gasteiger partial charge < -0.3 is 19.9 Å². The highest BCUT2D eigenvalue weighted by atomic mass is 16.7. The zero-order chi connectivity index (χ0) is 17.7. The Kier molecular flexibility index (Phi) is 3.06. The Bertz CT molecular complexity index is 1130. The Balaban J connectivity index is 1.76. The van der Waals surface area contributed by atoms with Gasteiger partial charge in [-0.25, -0.2) is 0 Å². The van der Waals surface area contributed by atoms with Gasteiger partial charge in [-0.2, -0.15) is 5.26 Å². The molecule has 0 aromatic heterocycles. The number of allylic oxidation sites excluding steroid dienone is 1. The van der Waals surface area contributed by atoms with Gasteiger partial charge in [0.2, 0.25) is 12.7 Å². The number of nitrogens with two attached hydrogens (primary N) is 1. The van der Waals surface area contributed by atoms with Gasteiger partial charge in [0, 0.05) is 10.9 Å². The lowest BCUT2D eigenvalue weighted by Gasteiger charge is -2.27. The lowest BCUT2D eigenvalue weighted by atomic mass is 9.82. The van der Waals surface area contributed by atoms with Crippen LogP contribution in [0, 0.1) is 11.3 Å². The standard InChI is InChI=1S/C21H14N2O3/c22-10-16-19(13-6-8-17-18(9-13)25-11-24-17)15-7-5-12-3-1-2-4-14(12)20(15)26-21(16)23/h1-9,19H,11,23H2/t19-/m1/s1. The summed E-state index contributed by atoms with van der Waals surface area (Å²) in [6.45, 7) is 0.205. The Labute approximate surface area is 149 Å². The monoisotopic (exact) mass is 342 g/mol. The molecule has 1 atom stereocenters. The highest BCUT2D eigenvalue weighted by Crippen LogP contribution is 2.47. The number of benzene rings is 3. The van der Waals surface area contributed by atoms with Crippen molar-refractivity contribution in [1.29, 1.82) is 5.26 Å². The van der Waals surface area contributed by atoms with Crippen molar-refractivity contribution in [3.05, 3.63) is 77.2 Å². The van der Waals surface area contributed by atoms with Gasteiger partial charge in [-0.05, 0) is 23.1 Å². The molecule has 3 aromatic rings. The summed E-state index contributed by atoms with van der Waals surface area (Å²) in [7, 11) is 0. The molecule has 0 amide bonds. The number of rotatable bonds is 1. The van der Waals surface area contributed by atoms with Crippen LogP contribution in [-0.4, -0.2) is 6.79 Å². The number of nitriles is 1. The molecule has 126 valence electrons. The summed E-state index contributed by atoms with van der Waals surface area (Å²) in [4.78, 5) is 0. The van der Waals surface area contributed by atoms with Crippen LogP contribution in [0.2, 0.25) is 0 Å². The minimum Gasteiger partial charge on any atom is -0.454 e. The summed E-state index contributed by atoms with van der Waals surface area (Å²) in [5, 5.41) is 11.7. The van der Waals surface area contributed by atoms with Gasteiger partial charge in [-0.1, -0.05) is 42.5 Å². The summed E-state index contributed by atoms with van der Waals surface area (Å²) in [5.74, 6) is 1.89. The van der Waals surface area contributed by atoms with Gasteiger partial charge in [-0.3, -0.25) is 0 Å². The zero-order valence-corrected chi connectivity index (χ0v) is 13.7. The van der Waals surface area contributed by atoms with E-state index in [1.807, 2.05) is 54.6 Å². The van der Waals surface area contributed by atoms with Crippen molar-refractivity contribution >= 4 is 10.8 Å². The lowest BCUT2D eigenvalue weighted by molar-refractivity contribution is 0.174. The van der Waals surface area contributed by atoms with E-state index in [4.69, 9.17) is 19.9 Å². The number of nitrogens with zero attached hydrogens (tertiary/aromatic N) is 1. The van der Waals surface area contributed by atoms with Crippen molar-refractivity contribution in [3.63, 3.8) is 0 Å². The fourth-order valence-electron chi connectivity index (χ4n) is 3.62. The smallest absolute Gasteiger partial charge is 0.231 e. The maximum atomic E-state index is 9.70. The molecule has 5 nitrogen and oxygen atoms in total. The van der Waals surface area contributed by atoms with Crippen LogP contribution in [0.5, 0.6) is 17.2 Å². The van der Waals surface area contributed by atoms with E-state index in [1.165, 1.54) is 0 Å². The molecular formula is C21H14N2O3. The van der Waals surface area contributed by atoms with E-state index in [0.29, 0.717) is 22.8 Å². The summed E-state index contributed by atoms with van der Waals surface area (Å²) >= 11 is 0.